The van der Waals surface area contributed by atoms with Crippen LogP contribution in [0.3, 0.4) is 0 Å². The average Bonchev–Trinajstić information content (AvgIpc) is 2.45. The Morgan fingerprint density at radius 1 is 1.19 bits per heavy atom. The number of amidine groups is 1. The average molecular weight is 293 g/mol. The second-order valence-corrected chi connectivity index (χ2v) is 4.28. The lowest BCUT2D eigenvalue weighted by atomic mass is 9.89. The van der Waals surface area contributed by atoms with E-state index in [-0.39, 0.29) is 34.2 Å². The Morgan fingerprint density at radius 3 is 2.38 bits per heavy atom. The predicted octanol–water partition coefficient (Wildman–Crippen LogP) is -0.299. The number of methoxy groups -OCH3 is 3. The van der Waals surface area contributed by atoms with Crippen LogP contribution in [0.4, 0.5) is 0 Å². The summed E-state index contributed by atoms with van der Waals surface area (Å²) in [6.07, 6.45) is 0. The van der Waals surface area contributed by atoms with Gasteiger partial charge in [0.15, 0.2) is 5.76 Å². The third kappa shape index (κ3) is 2.23. The molecule has 0 saturated carbocycles. The zero-order valence-corrected chi connectivity index (χ0v) is 12.1. The number of amides is 1. The van der Waals surface area contributed by atoms with Crippen molar-refractivity contribution in [2.75, 3.05) is 21.3 Å². The zero-order chi connectivity index (χ0) is 15.7. The minimum Gasteiger partial charge on any atom is -0.498 e. The van der Waals surface area contributed by atoms with Gasteiger partial charge < -0.3 is 19.9 Å². The lowest BCUT2D eigenvalue weighted by molar-refractivity contribution is -0.136. The van der Waals surface area contributed by atoms with Gasteiger partial charge in [0.25, 0.3) is 5.91 Å². The highest BCUT2D eigenvalue weighted by Crippen LogP contribution is 2.31. The van der Waals surface area contributed by atoms with Crippen molar-refractivity contribution in [3.63, 3.8) is 0 Å². The van der Waals surface area contributed by atoms with Crippen LogP contribution in [0.5, 0.6) is 0 Å². The number of fused-ring (bicyclic) bond motifs is 1. The fourth-order valence-corrected chi connectivity index (χ4v) is 2.25. The molecule has 2 aliphatic rings. The summed E-state index contributed by atoms with van der Waals surface area (Å²) in [7, 11) is 3.93. The van der Waals surface area contributed by atoms with E-state index in [4.69, 9.17) is 19.9 Å². The van der Waals surface area contributed by atoms with Gasteiger partial charge in [-0.15, -0.1) is 0 Å². The molecular formula is C13H15N3O5. The smallest absolute Gasteiger partial charge is 0.339 e. The van der Waals surface area contributed by atoms with Gasteiger partial charge in [-0.1, -0.05) is 0 Å². The molecule has 0 saturated heterocycles. The number of carbonyl (C=O) groups is 2. The summed E-state index contributed by atoms with van der Waals surface area (Å²) >= 11 is 0. The largest absolute Gasteiger partial charge is 0.498 e. The Balaban J connectivity index is 2.75. The molecule has 21 heavy (non-hydrogen) atoms. The second kappa shape index (κ2) is 5.49. The molecule has 0 bridgehead atoms. The number of nitrogens with zero attached hydrogens (tertiary/aromatic N) is 2. The van der Waals surface area contributed by atoms with E-state index in [1.54, 1.807) is 6.92 Å². The van der Waals surface area contributed by atoms with E-state index in [2.05, 4.69) is 9.98 Å². The first-order valence-corrected chi connectivity index (χ1v) is 6.05. The summed E-state index contributed by atoms with van der Waals surface area (Å²) in [5, 5.41) is 0. The van der Waals surface area contributed by atoms with Gasteiger partial charge in [0, 0.05) is 0 Å². The van der Waals surface area contributed by atoms with E-state index < -0.39 is 17.9 Å². The van der Waals surface area contributed by atoms with Crippen LogP contribution in [0.15, 0.2) is 32.6 Å². The monoisotopic (exact) mass is 293 g/mol. The van der Waals surface area contributed by atoms with Crippen LogP contribution >= 0.6 is 0 Å². The topological polar surface area (TPSA) is 113 Å². The van der Waals surface area contributed by atoms with Crippen molar-refractivity contribution < 1.29 is 23.8 Å². The maximum Gasteiger partial charge on any atom is 0.339 e. The van der Waals surface area contributed by atoms with Gasteiger partial charge in [0.2, 0.25) is 0 Å². The maximum atomic E-state index is 12.1. The number of ether oxygens (including phenoxy) is 3. The second-order valence-electron chi connectivity index (χ2n) is 4.28. The Labute approximate surface area is 121 Å². The molecule has 0 radical (unpaired) electrons. The molecule has 1 unspecified atom stereocenters. The van der Waals surface area contributed by atoms with Crippen molar-refractivity contribution in [3.8, 4) is 0 Å². The maximum absolute atomic E-state index is 12.1. The van der Waals surface area contributed by atoms with Crippen molar-refractivity contribution in [1.29, 1.82) is 0 Å². The third-order valence-electron chi connectivity index (χ3n) is 3.12. The van der Waals surface area contributed by atoms with Crippen LogP contribution in [0.25, 0.3) is 0 Å². The molecule has 8 heteroatoms. The molecule has 0 aromatic heterocycles. The number of esters is 1. The minimum atomic E-state index is -0.996. The predicted molar refractivity (Wildman–Crippen MR) is 73.6 cm³/mol. The molecule has 112 valence electrons. The summed E-state index contributed by atoms with van der Waals surface area (Å²) in [5.74, 6) is -0.765. The normalized spacial score (nSPS) is 21.6. The number of allylic oxidation sites excluding steroid dienone is 1. The molecule has 0 spiro atoms. The number of aliphatic imine (C=N–C) groups is 2. The van der Waals surface area contributed by atoms with Crippen molar-refractivity contribution in [2.24, 2.45) is 15.7 Å². The van der Waals surface area contributed by atoms with Crippen LogP contribution < -0.4 is 5.73 Å². The van der Waals surface area contributed by atoms with Crippen LogP contribution in [0.2, 0.25) is 0 Å². The van der Waals surface area contributed by atoms with Crippen LogP contribution in [0, 0.1) is 0 Å². The van der Waals surface area contributed by atoms with Gasteiger partial charge in [0.05, 0.1) is 27.4 Å². The quantitative estimate of drug-likeness (QED) is 0.715. The van der Waals surface area contributed by atoms with Gasteiger partial charge in [-0.05, 0) is 6.92 Å². The van der Waals surface area contributed by atoms with E-state index >= 15 is 0 Å². The fraction of sp³-hybridized carbons (Fsp3) is 0.385. The van der Waals surface area contributed by atoms with Gasteiger partial charge in [-0.25, -0.2) is 9.79 Å². The van der Waals surface area contributed by atoms with E-state index in [1.165, 1.54) is 21.3 Å². The van der Waals surface area contributed by atoms with Gasteiger partial charge in [-0.3, -0.25) is 4.79 Å². The molecule has 1 atom stereocenters. The van der Waals surface area contributed by atoms with Crippen molar-refractivity contribution in [3.05, 3.63) is 22.7 Å². The summed E-state index contributed by atoms with van der Waals surface area (Å²) in [4.78, 5) is 32.0. The summed E-state index contributed by atoms with van der Waals surface area (Å²) in [6, 6.07) is -0.996. The first-order chi connectivity index (χ1) is 9.96. The molecule has 1 aliphatic carbocycles. The SMILES string of the molecule is COC(=O)C1=C(OC)C2=NC(C)=NC(=O)C2=C(OC)C1N. The zero-order valence-electron chi connectivity index (χ0n) is 12.1. The molecule has 1 amide bonds. The van der Waals surface area contributed by atoms with Crippen molar-refractivity contribution in [2.45, 2.75) is 13.0 Å². The summed E-state index contributed by atoms with van der Waals surface area (Å²) < 4.78 is 15.1. The number of hydrogen-bond acceptors (Lipinski definition) is 7. The molecule has 8 nitrogen and oxygen atoms in total. The van der Waals surface area contributed by atoms with Crippen molar-refractivity contribution in [1.82, 2.24) is 0 Å². The highest BCUT2D eigenvalue weighted by Gasteiger charge is 2.42. The lowest BCUT2D eigenvalue weighted by Gasteiger charge is -2.28. The Kier molecular flexibility index (Phi) is 3.90. The molecule has 2 N–H and O–H groups in total. The van der Waals surface area contributed by atoms with Gasteiger partial charge in [-0.2, -0.15) is 4.99 Å². The molecular weight excluding hydrogens is 278 g/mol. The summed E-state index contributed by atoms with van der Waals surface area (Å²) in [5.41, 5.74) is 6.32. The van der Waals surface area contributed by atoms with Crippen LogP contribution in [0.1, 0.15) is 6.92 Å². The van der Waals surface area contributed by atoms with Crippen LogP contribution in [-0.4, -0.2) is 50.8 Å². The Morgan fingerprint density at radius 2 is 1.86 bits per heavy atom. The number of rotatable bonds is 3. The Bertz CT molecular complexity index is 642. The molecule has 2 rings (SSSR count). The summed E-state index contributed by atoms with van der Waals surface area (Å²) in [6.45, 7) is 1.56. The lowest BCUT2D eigenvalue weighted by Crippen LogP contribution is -2.41. The third-order valence-corrected chi connectivity index (χ3v) is 3.12. The molecule has 1 heterocycles. The first kappa shape index (κ1) is 14.9. The van der Waals surface area contributed by atoms with Gasteiger partial charge >= 0.3 is 5.97 Å². The fourth-order valence-electron chi connectivity index (χ4n) is 2.25. The van der Waals surface area contributed by atoms with E-state index in [9.17, 15) is 9.59 Å². The van der Waals surface area contributed by atoms with E-state index in [1.807, 2.05) is 0 Å². The molecule has 0 fully saturated rings. The minimum absolute atomic E-state index is 0.0434. The first-order valence-electron chi connectivity index (χ1n) is 6.05. The number of carbonyl (C=O) groups excluding carboxylic acids is 2. The molecule has 1 aliphatic heterocycles. The van der Waals surface area contributed by atoms with Gasteiger partial charge in [0.1, 0.15) is 28.5 Å². The number of hydrogen-bond donors (Lipinski definition) is 1. The van der Waals surface area contributed by atoms with Crippen molar-refractivity contribution >= 4 is 23.4 Å². The standard InChI is InChI=1S/C13H15N3O5/c1-5-15-9-7(12(17)16-5)10(19-2)8(14)6(11(9)20-3)13(18)21-4/h8H,14H2,1-4H3. The van der Waals surface area contributed by atoms with Crippen LogP contribution in [-0.2, 0) is 23.8 Å². The van der Waals surface area contributed by atoms with E-state index in [0.717, 1.165) is 0 Å². The number of nitrogens with two attached hydrogens (primary N) is 1. The highest BCUT2D eigenvalue weighted by molar-refractivity contribution is 6.35. The molecule has 0 aromatic rings. The Hall–Kier alpha value is -2.48. The highest BCUT2D eigenvalue weighted by atomic mass is 16.5. The van der Waals surface area contributed by atoms with E-state index in [0.29, 0.717) is 0 Å². The molecule has 0 aromatic carbocycles.